The van der Waals surface area contributed by atoms with Gasteiger partial charge < -0.3 is 9.42 Å². The summed E-state index contributed by atoms with van der Waals surface area (Å²) >= 11 is 0. The predicted molar refractivity (Wildman–Crippen MR) is 95.0 cm³/mol. The molecule has 8 heteroatoms. The minimum Gasteiger partial charge on any atom is -0.339 e. The summed E-state index contributed by atoms with van der Waals surface area (Å²) in [6, 6.07) is 7.08. The minimum absolute atomic E-state index is 0.0506. The largest absolute Gasteiger partial charge is 0.339 e. The number of nitrogens with one attached hydrogen (secondary N) is 1. The van der Waals surface area contributed by atoms with E-state index < -0.39 is 0 Å². The number of allylic oxidation sites excluding steroid dienone is 1. The van der Waals surface area contributed by atoms with Crippen LogP contribution in [0.15, 0.2) is 40.6 Å². The van der Waals surface area contributed by atoms with Crippen LogP contribution >= 0.6 is 0 Å². The first-order chi connectivity index (χ1) is 12.5. The Kier molecular flexibility index (Phi) is 5.34. The van der Waals surface area contributed by atoms with Crippen molar-refractivity contribution in [1.82, 2.24) is 25.6 Å². The zero-order chi connectivity index (χ0) is 18.7. The van der Waals surface area contributed by atoms with Gasteiger partial charge in [-0.05, 0) is 31.1 Å². The van der Waals surface area contributed by atoms with E-state index in [9.17, 15) is 10.0 Å². The molecular formula is C18H23N5O3. The molecule has 0 fully saturated rings. The Morgan fingerprint density at radius 1 is 1.38 bits per heavy atom. The lowest BCUT2D eigenvalue weighted by Crippen LogP contribution is -2.35. The van der Waals surface area contributed by atoms with E-state index in [0.29, 0.717) is 30.2 Å². The molecule has 0 bridgehead atoms. The highest BCUT2D eigenvalue weighted by molar-refractivity contribution is 5.94. The van der Waals surface area contributed by atoms with Gasteiger partial charge in [-0.1, -0.05) is 24.2 Å². The molecule has 0 unspecified atom stereocenters. The lowest BCUT2D eigenvalue weighted by Gasteiger charge is -2.23. The van der Waals surface area contributed by atoms with Crippen molar-refractivity contribution in [3.05, 3.63) is 47.5 Å². The molecule has 1 aromatic heterocycles. The van der Waals surface area contributed by atoms with E-state index in [0.717, 1.165) is 22.9 Å². The number of hydrogen-bond acceptors (Lipinski definition) is 7. The van der Waals surface area contributed by atoms with Crippen molar-refractivity contribution in [2.24, 2.45) is 0 Å². The van der Waals surface area contributed by atoms with Crippen molar-refractivity contribution in [3.8, 4) is 11.4 Å². The molecule has 0 aliphatic heterocycles. The Labute approximate surface area is 152 Å². The average molecular weight is 357 g/mol. The van der Waals surface area contributed by atoms with Crippen molar-refractivity contribution in [1.29, 1.82) is 0 Å². The van der Waals surface area contributed by atoms with Gasteiger partial charge in [-0.3, -0.25) is 10.0 Å². The molecule has 8 nitrogen and oxygen atoms in total. The number of carbonyl (C=O) groups is 1. The summed E-state index contributed by atoms with van der Waals surface area (Å²) in [6.45, 7) is 4.27. The number of hydrogen-bond donors (Lipinski definition) is 2. The van der Waals surface area contributed by atoms with Crippen LogP contribution in [0.25, 0.3) is 11.4 Å². The zero-order valence-electron chi connectivity index (χ0n) is 15.1. The molecule has 0 saturated heterocycles. The third kappa shape index (κ3) is 3.76. The van der Waals surface area contributed by atoms with Crippen molar-refractivity contribution >= 4 is 5.91 Å². The molecule has 1 heterocycles. The van der Waals surface area contributed by atoms with Gasteiger partial charge in [0, 0.05) is 31.6 Å². The summed E-state index contributed by atoms with van der Waals surface area (Å²) in [4.78, 5) is 18.6. The Morgan fingerprint density at radius 3 is 2.73 bits per heavy atom. The maximum Gasteiger partial charge on any atom is 0.254 e. The second kappa shape index (κ2) is 7.67. The SMILES string of the molecule is CCNN(O)C1=C[C@H](N(C)C(=O)c2ccc(-c3noc(C)n3)cc2)CC1. The molecule has 2 N–H and O–H groups in total. The van der Waals surface area contributed by atoms with Crippen LogP contribution < -0.4 is 5.43 Å². The number of likely N-dealkylation sites (N-methyl/N-ethyl adjacent to an activating group) is 1. The van der Waals surface area contributed by atoms with Crippen LogP contribution in [0.5, 0.6) is 0 Å². The highest BCUT2D eigenvalue weighted by Gasteiger charge is 2.26. The predicted octanol–water partition coefficient (Wildman–Crippen LogP) is 2.38. The molecule has 1 aliphatic carbocycles. The normalized spacial score (nSPS) is 16.5. The molecule has 1 aliphatic rings. The quantitative estimate of drug-likeness (QED) is 0.767. The molecule has 1 atom stereocenters. The molecule has 1 aromatic carbocycles. The second-order valence-corrected chi connectivity index (χ2v) is 6.22. The number of aromatic nitrogens is 2. The third-order valence-corrected chi connectivity index (χ3v) is 4.40. The molecule has 0 spiro atoms. The smallest absolute Gasteiger partial charge is 0.254 e. The lowest BCUT2D eigenvalue weighted by atomic mass is 10.1. The zero-order valence-corrected chi connectivity index (χ0v) is 15.1. The van der Waals surface area contributed by atoms with Gasteiger partial charge in [-0.15, -0.1) is 0 Å². The Balaban J connectivity index is 1.69. The number of hydroxylamine groups is 1. The first kappa shape index (κ1) is 18.1. The van der Waals surface area contributed by atoms with Crippen LogP contribution in [-0.2, 0) is 0 Å². The van der Waals surface area contributed by atoms with Crippen LogP contribution in [0.3, 0.4) is 0 Å². The average Bonchev–Trinajstić information content (AvgIpc) is 3.30. The maximum absolute atomic E-state index is 12.7. The Morgan fingerprint density at radius 2 is 2.12 bits per heavy atom. The number of aryl methyl sites for hydroxylation is 1. The standard InChI is InChI=1S/C18H23N5O3/c1-4-19-23(25)16-10-9-15(11-16)22(3)18(24)14-7-5-13(6-8-14)17-20-12(2)26-21-17/h5-8,11,15,19,25H,4,9-10H2,1-3H3/t15-/m1/s1. The van der Waals surface area contributed by atoms with Crippen molar-refractivity contribution < 1.29 is 14.5 Å². The van der Waals surface area contributed by atoms with E-state index in [2.05, 4.69) is 15.6 Å². The molecule has 0 saturated carbocycles. The van der Waals surface area contributed by atoms with Crippen LogP contribution in [0.4, 0.5) is 0 Å². The van der Waals surface area contributed by atoms with Crippen molar-refractivity contribution in [2.45, 2.75) is 32.7 Å². The van der Waals surface area contributed by atoms with Crippen LogP contribution in [0, 0.1) is 6.92 Å². The van der Waals surface area contributed by atoms with E-state index in [-0.39, 0.29) is 11.9 Å². The number of benzene rings is 1. The van der Waals surface area contributed by atoms with Crippen LogP contribution in [0.1, 0.15) is 36.0 Å². The van der Waals surface area contributed by atoms with Gasteiger partial charge in [0.2, 0.25) is 11.7 Å². The van der Waals surface area contributed by atoms with E-state index >= 15 is 0 Å². The summed E-state index contributed by atoms with van der Waals surface area (Å²) in [5.74, 6) is 0.931. The number of nitrogens with zero attached hydrogens (tertiary/aromatic N) is 4. The minimum atomic E-state index is -0.0729. The number of carbonyl (C=O) groups excluding carboxylic acids is 1. The summed E-state index contributed by atoms with van der Waals surface area (Å²) in [5.41, 5.74) is 4.99. The highest BCUT2D eigenvalue weighted by atomic mass is 16.5. The van der Waals surface area contributed by atoms with Gasteiger partial charge in [0.1, 0.15) is 0 Å². The van der Waals surface area contributed by atoms with Gasteiger partial charge in [0.05, 0.1) is 11.7 Å². The van der Waals surface area contributed by atoms with E-state index in [4.69, 9.17) is 4.52 Å². The fourth-order valence-electron chi connectivity index (χ4n) is 2.95. The number of amides is 1. The fraction of sp³-hybridized carbons (Fsp3) is 0.389. The van der Waals surface area contributed by atoms with Crippen molar-refractivity contribution in [3.63, 3.8) is 0 Å². The van der Waals surface area contributed by atoms with Crippen molar-refractivity contribution in [2.75, 3.05) is 13.6 Å². The third-order valence-electron chi connectivity index (χ3n) is 4.40. The molecule has 3 rings (SSSR count). The molecule has 2 aromatic rings. The Bertz CT molecular complexity index is 799. The monoisotopic (exact) mass is 357 g/mol. The van der Waals surface area contributed by atoms with Gasteiger partial charge in [-0.2, -0.15) is 10.2 Å². The van der Waals surface area contributed by atoms with Crippen LogP contribution in [-0.4, -0.2) is 51.0 Å². The maximum atomic E-state index is 12.7. The second-order valence-electron chi connectivity index (χ2n) is 6.22. The topological polar surface area (TPSA) is 94.7 Å². The Hall–Kier alpha value is -2.71. The summed E-state index contributed by atoms with van der Waals surface area (Å²) in [5, 5.41) is 14.8. The summed E-state index contributed by atoms with van der Waals surface area (Å²) < 4.78 is 4.98. The molecule has 0 radical (unpaired) electrons. The number of rotatable bonds is 6. The number of hydrazine groups is 1. The lowest BCUT2D eigenvalue weighted by molar-refractivity contribution is -0.103. The molecule has 26 heavy (non-hydrogen) atoms. The van der Waals surface area contributed by atoms with Gasteiger partial charge >= 0.3 is 0 Å². The van der Waals surface area contributed by atoms with Gasteiger partial charge in [0.25, 0.3) is 5.91 Å². The molecular weight excluding hydrogens is 334 g/mol. The van der Waals surface area contributed by atoms with E-state index in [1.807, 2.05) is 25.1 Å². The van der Waals surface area contributed by atoms with Gasteiger partial charge in [0.15, 0.2) is 0 Å². The summed E-state index contributed by atoms with van der Waals surface area (Å²) in [6.07, 6.45) is 3.40. The van der Waals surface area contributed by atoms with Gasteiger partial charge in [-0.25, -0.2) is 5.43 Å². The fourth-order valence-corrected chi connectivity index (χ4v) is 2.95. The highest BCUT2D eigenvalue weighted by Crippen LogP contribution is 2.25. The molecule has 1 amide bonds. The van der Waals surface area contributed by atoms with E-state index in [1.54, 1.807) is 31.0 Å². The molecule has 138 valence electrons. The summed E-state index contributed by atoms with van der Waals surface area (Å²) in [7, 11) is 1.78. The van der Waals surface area contributed by atoms with Crippen LogP contribution in [0.2, 0.25) is 0 Å². The first-order valence-electron chi connectivity index (χ1n) is 8.60. The first-order valence-corrected chi connectivity index (χ1v) is 8.60. The van der Waals surface area contributed by atoms with E-state index in [1.165, 1.54) is 0 Å².